The SMILES string of the molecule is CCC(C)NCC(=O)Nc1nc(OC)cc(OC)n1. The van der Waals surface area contributed by atoms with Crippen molar-refractivity contribution in [2.45, 2.75) is 26.3 Å². The van der Waals surface area contributed by atoms with Crippen LogP contribution >= 0.6 is 0 Å². The van der Waals surface area contributed by atoms with Gasteiger partial charge in [-0.15, -0.1) is 0 Å². The Kier molecular flexibility index (Phi) is 6.01. The van der Waals surface area contributed by atoms with Gasteiger partial charge in [-0.3, -0.25) is 10.1 Å². The van der Waals surface area contributed by atoms with Crippen molar-refractivity contribution in [1.29, 1.82) is 0 Å². The topological polar surface area (TPSA) is 85.4 Å². The molecule has 2 N–H and O–H groups in total. The number of ether oxygens (including phenoxy) is 2. The molecule has 1 atom stereocenters. The van der Waals surface area contributed by atoms with Crippen molar-refractivity contribution in [3.63, 3.8) is 0 Å². The van der Waals surface area contributed by atoms with Gasteiger partial charge < -0.3 is 14.8 Å². The van der Waals surface area contributed by atoms with Gasteiger partial charge in [0.25, 0.3) is 0 Å². The first-order chi connectivity index (χ1) is 9.08. The zero-order chi connectivity index (χ0) is 14.3. The minimum Gasteiger partial charge on any atom is -0.481 e. The molecule has 0 aliphatic heterocycles. The maximum absolute atomic E-state index is 11.7. The lowest BCUT2D eigenvalue weighted by molar-refractivity contribution is -0.115. The van der Waals surface area contributed by atoms with Crippen molar-refractivity contribution >= 4 is 11.9 Å². The average molecular weight is 268 g/mol. The van der Waals surface area contributed by atoms with E-state index in [1.165, 1.54) is 20.3 Å². The van der Waals surface area contributed by atoms with Crippen LogP contribution in [0.25, 0.3) is 0 Å². The maximum Gasteiger partial charge on any atom is 0.240 e. The summed E-state index contributed by atoms with van der Waals surface area (Å²) in [4.78, 5) is 19.7. The Morgan fingerprint density at radius 3 is 2.37 bits per heavy atom. The highest BCUT2D eigenvalue weighted by molar-refractivity contribution is 5.90. The molecule has 0 saturated carbocycles. The molecule has 1 unspecified atom stereocenters. The highest BCUT2D eigenvalue weighted by atomic mass is 16.5. The van der Waals surface area contributed by atoms with E-state index in [-0.39, 0.29) is 24.4 Å². The second kappa shape index (κ2) is 7.52. The number of anilines is 1. The number of rotatable bonds is 7. The van der Waals surface area contributed by atoms with E-state index in [2.05, 4.69) is 20.6 Å². The summed E-state index contributed by atoms with van der Waals surface area (Å²) in [7, 11) is 2.97. The van der Waals surface area contributed by atoms with Gasteiger partial charge >= 0.3 is 0 Å². The quantitative estimate of drug-likeness (QED) is 0.761. The van der Waals surface area contributed by atoms with Crippen LogP contribution in [0.1, 0.15) is 20.3 Å². The highest BCUT2D eigenvalue weighted by Gasteiger charge is 2.09. The Bertz CT molecular complexity index is 403. The van der Waals surface area contributed by atoms with Crippen molar-refractivity contribution in [3.8, 4) is 11.8 Å². The maximum atomic E-state index is 11.7. The van der Waals surface area contributed by atoms with Gasteiger partial charge in [0, 0.05) is 6.04 Å². The lowest BCUT2D eigenvalue weighted by atomic mass is 10.2. The fourth-order valence-corrected chi connectivity index (χ4v) is 1.25. The summed E-state index contributed by atoms with van der Waals surface area (Å²) in [6, 6.07) is 1.82. The third kappa shape index (κ3) is 5.09. The standard InChI is InChI=1S/C12H20N4O3/c1-5-8(2)13-7-9(17)14-12-15-10(18-3)6-11(16-12)19-4/h6,8,13H,5,7H2,1-4H3,(H,14,15,16,17). The molecule has 19 heavy (non-hydrogen) atoms. The molecule has 1 aromatic heterocycles. The zero-order valence-electron chi connectivity index (χ0n) is 11.7. The minimum absolute atomic E-state index is 0.159. The monoisotopic (exact) mass is 268 g/mol. The van der Waals surface area contributed by atoms with Crippen molar-refractivity contribution < 1.29 is 14.3 Å². The second-order valence-corrected chi connectivity index (χ2v) is 4.01. The molecule has 0 aliphatic carbocycles. The molecule has 7 heteroatoms. The first-order valence-electron chi connectivity index (χ1n) is 6.09. The van der Waals surface area contributed by atoms with Crippen LogP contribution in [0, 0.1) is 0 Å². The summed E-state index contributed by atoms with van der Waals surface area (Å²) < 4.78 is 9.99. The van der Waals surface area contributed by atoms with E-state index in [9.17, 15) is 4.79 Å². The van der Waals surface area contributed by atoms with Gasteiger partial charge in [-0.25, -0.2) is 0 Å². The van der Waals surface area contributed by atoms with E-state index in [0.29, 0.717) is 11.8 Å². The fourth-order valence-electron chi connectivity index (χ4n) is 1.25. The molecule has 0 fully saturated rings. The van der Waals surface area contributed by atoms with Crippen molar-refractivity contribution in [2.75, 3.05) is 26.1 Å². The fraction of sp³-hybridized carbons (Fsp3) is 0.583. The predicted molar refractivity (Wildman–Crippen MR) is 71.5 cm³/mol. The third-order valence-corrected chi connectivity index (χ3v) is 2.57. The lowest BCUT2D eigenvalue weighted by Crippen LogP contribution is -2.34. The molecule has 0 aliphatic rings. The van der Waals surface area contributed by atoms with Crippen LogP contribution in [-0.4, -0.2) is 42.7 Å². The largest absolute Gasteiger partial charge is 0.481 e. The first kappa shape index (κ1) is 15.2. The Hall–Kier alpha value is -1.89. The van der Waals surface area contributed by atoms with Gasteiger partial charge in [-0.2, -0.15) is 9.97 Å². The van der Waals surface area contributed by atoms with Crippen LogP contribution < -0.4 is 20.1 Å². The third-order valence-electron chi connectivity index (χ3n) is 2.57. The molecule has 0 spiro atoms. The smallest absolute Gasteiger partial charge is 0.240 e. The van der Waals surface area contributed by atoms with E-state index < -0.39 is 0 Å². The van der Waals surface area contributed by atoms with Crippen LogP contribution in [-0.2, 0) is 4.79 Å². The van der Waals surface area contributed by atoms with Gasteiger partial charge in [0.2, 0.25) is 23.6 Å². The molecule has 106 valence electrons. The Morgan fingerprint density at radius 1 is 1.32 bits per heavy atom. The number of methoxy groups -OCH3 is 2. The number of amides is 1. The van der Waals surface area contributed by atoms with E-state index in [1.54, 1.807) is 0 Å². The molecule has 0 aromatic carbocycles. The molecule has 1 rings (SSSR count). The van der Waals surface area contributed by atoms with Crippen LogP contribution in [0.5, 0.6) is 11.8 Å². The molecule has 0 saturated heterocycles. The summed E-state index contributed by atoms with van der Waals surface area (Å²) in [6.07, 6.45) is 0.955. The first-order valence-corrected chi connectivity index (χ1v) is 6.09. The second-order valence-electron chi connectivity index (χ2n) is 4.01. The van der Waals surface area contributed by atoms with Crippen LogP contribution in [0.3, 0.4) is 0 Å². The van der Waals surface area contributed by atoms with E-state index in [1.807, 2.05) is 13.8 Å². The van der Waals surface area contributed by atoms with Crippen molar-refractivity contribution in [1.82, 2.24) is 15.3 Å². The summed E-state index contributed by atoms with van der Waals surface area (Å²) in [5.41, 5.74) is 0. The number of aromatic nitrogens is 2. The Balaban J connectivity index is 2.62. The van der Waals surface area contributed by atoms with E-state index in [4.69, 9.17) is 9.47 Å². The Morgan fingerprint density at radius 2 is 1.89 bits per heavy atom. The normalized spacial score (nSPS) is 11.8. The molecule has 1 amide bonds. The number of hydrogen-bond acceptors (Lipinski definition) is 6. The van der Waals surface area contributed by atoms with Crippen molar-refractivity contribution in [3.05, 3.63) is 6.07 Å². The number of nitrogens with zero attached hydrogens (tertiary/aromatic N) is 2. The summed E-state index contributed by atoms with van der Waals surface area (Å²) in [5, 5.41) is 5.67. The molecule has 1 heterocycles. The lowest BCUT2D eigenvalue weighted by Gasteiger charge is -2.11. The average Bonchev–Trinajstić information content (AvgIpc) is 2.44. The Labute approximate surface area is 112 Å². The highest BCUT2D eigenvalue weighted by Crippen LogP contribution is 2.16. The van der Waals surface area contributed by atoms with E-state index in [0.717, 1.165) is 6.42 Å². The van der Waals surface area contributed by atoms with Gasteiger partial charge in [0.05, 0.1) is 26.8 Å². The van der Waals surface area contributed by atoms with Gasteiger partial charge in [0.15, 0.2) is 0 Å². The number of carbonyl (C=O) groups is 1. The predicted octanol–water partition coefficient (Wildman–Crippen LogP) is 0.820. The van der Waals surface area contributed by atoms with Gasteiger partial charge in [-0.05, 0) is 13.3 Å². The summed E-state index contributed by atoms with van der Waals surface area (Å²) in [5.74, 6) is 0.608. The summed E-state index contributed by atoms with van der Waals surface area (Å²) >= 11 is 0. The van der Waals surface area contributed by atoms with Crippen LogP contribution in [0.4, 0.5) is 5.95 Å². The van der Waals surface area contributed by atoms with E-state index >= 15 is 0 Å². The molecular formula is C12H20N4O3. The number of carbonyl (C=O) groups excluding carboxylic acids is 1. The molecule has 0 radical (unpaired) electrons. The number of nitrogens with one attached hydrogen (secondary N) is 2. The summed E-state index contributed by atoms with van der Waals surface area (Å²) in [6.45, 7) is 4.27. The molecular weight excluding hydrogens is 248 g/mol. The minimum atomic E-state index is -0.212. The van der Waals surface area contributed by atoms with Crippen molar-refractivity contribution in [2.24, 2.45) is 0 Å². The van der Waals surface area contributed by atoms with Crippen LogP contribution in [0.2, 0.25) is 0 Å². The zero-order valence-corrected chi connectivity index (χ0v) is 11.7. The van der Waals surface area contributed by atoms with Gasteiger partial charge in [-0.1, -0.05) is 6.92 Å². The molecule has 0 bridgehead atoms. The van der Waals surface area contributed by atoms with Crippen LogP contribution in [0.15, 0.2) is 6.07 Å². The molecule has 7 nitrogen and oxygen atoms in total. The number of hydrogen-bond donors (Lipinski definition) is 2. The molecule has 1 aromatic rings. The van der Waals surface area contributed by atoms with Gasteiger partial charge in [0.1, 0.15) is 0 Å².